The van der Waals surface area contributed by atoms with Crippen LogP contribution in [-0.4, -0.2) is 20.5 Å². The van der Waals surface area contributed by atoms with Crippen molar-refractivity contribution >= 4 is 46.7 Å². The third-order valence-electron chi connectivity index (χ3n) is 5.41. The van der Waals surface area contributed by atoms with E-state index in [2.05, 4.69) is 15.4 Å². The molecule has 5 nitrogen and oxygen atoms in total. The van der Waals surface area contributed by atoms with Crippen LogP contribution >= 0.6 is 35.0 Å². The summed E-state index contributed by atoms with van der Waals surface area (Å²) in [5.74, 6) is 0.856. The first-order valence-electron chi connectivity index (χ1n) is 9.81. The van der Waals surface area contributed by atoms with E-state index >= 15 is 0 Å². The molecule has 1 aromatic heterocycles. The molecule has 1 atom stereocenters. The van der Waals surface area contributed by atoms with Crippen molar-refractivity contribution in [1.29, 1.82) is 0 Å². The predicted molar refractivity (Wildman–Crippen MR) is 120 cm³/mol. The number of Topliss-reactive ketones (excluding diaryl/α,β-unsaturated/α-hetero) is 1. The average Bonchev–Trinajstić information content (AvgIpc) is 3.15. The number of halogens is 3. The Morgan fingerprint density at radius 2 is 1.97 bits per heavy atom. The topological polar surface area (TPSA) is 59.8 Å². The Labute approximate surface area is 192 Å². The number of thioether (sulfide) groups is 1. The zero-order chi connectivity index (χ0) is 21.5. The second kappa shape index (κ2) is 8.30. The molecular weight excluding hydrogens is 458 g/mol. The van der Waals surface area contributed by atoms with Crippen LogP contribution in [0.25, 0.3) is 0 Å². The van der Waals surface area contributed by atoms with Crippen molar-refractivity contribution in [2.24, 2.45) is 0 Å². The highest BCUT2D eigenvalue weighted by molar-refractivity contribution is 7.98. The standard InChI is InChI=1S/C22H17Cl2FN4OS/c23-14-7-4-12(5-8-14)20-19-17(2-1-3-18(19)30)26-21-27-22(28-29(20)21)31-11-13-6-9-15(25)10-16(13)24/h4-10,20H,1-3,11H2,(H,26,27,28)/t20-/m0/s1. The van der Waals surface area contributed by atoms with E-state index in [1.54, 1.807) is 10.7 Å². The first-order chi connectivity index (χ1) is 15.0. The zero-order valence-corrected chi connectivity index (χ0v) is 18.6. The molecular formula is C22H17Cl2FN4OS. The SMILES string of the molecule is O=C1CCCC2=C1[C@H](c1ccc(Cl)cc1)n1nc(SCc3ccc(F)cc3Cl)nc1N2. The van der Waals surface area contributed by atoms with Crippen LogP contribution in [-0.2, 0) is 10.5 Å². The van der Waals surface area contributed by atoms with Crippen LogP contribution in [0.15, 0.2) is 58.9 Å². The molecule has 0 unspecified atom stereocenters. The van der Waals surface area contributed by atoms with Gasteiger partial charge in [0.1, 0.15) is 11.9 Å². The summed E-state index contributed by atoms with van der Waals surface area (Å²) in [6, 6.07) is 11.5. The molecule has 0 radical (unpaired) electrons. The van der Waals surface area contributed by atoms with Gasteiger partial charge in [-0.2, -0.15) is 4.98 Å². The molecule has 0 saturated heterocycles. The molecule has 2 aromatic carbocycles. The van der Waals surface area contributed by atoms with E-state index in [4.69, 9.17) is 23.2 Å². The summed E-state index contributed by atoms with van der Waals surface area (Å²) in [5, 5.41) is 9.55. The average molecular weight is 475 g/mol. The van der Waals surface area contributed by atoms with E-state index in [1.165, 1.54) is 23.9 Å². The molecule has 0 fully saturated rings. The maximum Gasteiger partial charge on any atom is 0.227 e. The van der Waals surface area contributed by atoms with Crippen LogP contribution in [0.1, 0.15) is 36.4 Å². The number of anilines is 1. The number of hydrogen-bond acceptors (Lipinski definition) is 5. The first kappa shape index (κ1) is 20.5. The molecule has 0 saturated carbocycles. The monoisotopic (exact) mass is 474 g/mol. The highest BCUT2D eigenvalue weighted by atomic mass is 35.5. The Morgan fingerprint density at radius 1 is 1.16 bits per heavy atom. The number of allylic oxidation sites excluding steroid dienone is 2. The summed E-state index contributed by atoms with van der Waals surface area (Å²) in [4.78, 5) is 17.5. The molecule has 31 heavy (non-hydrogen) atoms. The van der Waals surface area contributed by atoms with Crippen molar-refractivity contribution in [2.45, 2.75) is 36.2 Å². The second-order valence-electron chi connectivity index (χ2n) is 7.44. The third kappa shape index (κ3) is 3.97. The van der Waals surface area contributed by atoms with Crippen LogP contribution in [0.4, 0.5) is 10.3 Å². The van der Waals surface area contributed by atoms with Gasteiger partial charge in [-0.15, -0.1) is 5.10 Å². The Morgan fingerprint density at radius 3 is 2.74 bits per heavy atom. The van der Waals surface area contributed by atoms with Crippen molar-refractivity contribution in [1.82, 2.24) is 14.8 Å². The van der Waals surface area contributed by atoms with Crippen molar-refractivity contribution < 1.29 is 9.18 Å². The zero-order valence-electron chi connectivity index (χ0n) is 16.2. The smallest absolute Gasteiger partial charge is 0.227 e. The Kier molecular flexibility index (Phi) is 5.50. The molecule has 2 heterocycles. The number of carbonyl (C=O) groups excluding carboxylic acids is 1. The predicted octanol–water partition coefficient (Wildman–Crippen LogP) is 6.04. The van der Waals surface area contributed by atoms with E-state index in [0.717, 1.165) is 35.2 Å². The lowest BCUT2D eigenvalue weighted by Crippen LogP contribution is -2.31. The summed E-state index contributed by atoms with van der Waals surface area (Å²) in [5.41, 5.74) is 3.38. The van der Waals surface area contributed by atoms with E-state index in [0.29, 0.717) is 33.3 Å². The minimum absolute atomic E-state index is 0.127. The number of benzene rings is 2. The lowest BCUT2D eigenvalue weighted by molar-refractivity contribution is -0.116. The Hall–Kier alpha value is -2.35. The number of nitrogens with one attached hydrogen (secondary N) is 1. The molecule has 9 heteroatoms. The van der Waals surface area contributed by atoms with E-state index < -0.39 is 0 Å². The summed E-state index contributed by atoms with van der Waals surface area (Å²) in [6.45, 7) is 0. The highest BCUT2D eigenvalue weighted by Crippen LogP contribution is 2.41. The lowest BCUT2D eigenvalue weighted by atomic mass is 9.85. The van der Waals surface area contributed by atoms with Gasteiger partial charge in [-0.05, 0) is 48.2 Å². The van der Waals surface area contributed by atoms with Crippen LogP contribution in [0.3, 0.4) is 0 Å². The molecule has 1 aliphatic heterocycles. The maximum atomic E-state index is 13.3. The molecule has 3 aromatic rings. The number of nitrogens with zero attached hydrogens (tertiary/aromatic N) is 3. The number of ketones is 1. The van der Waals surface area contributed by atoms with Gasteiger partial charge in [-0.1, -0.05) is 53.2 Å². The van der Waals surface area contributed by atoms with Crippen molar-refractivity contribution in [3.05, 3.63) is 80.7 Å². The molecule has 2 aliphatic rings. The van der Waals surface area contributed by atoms with Gasteiger partial charge in [-0.3, -0.25) is 4.79 Å². The van der Waals surface area contributed by atoms with Gasteiger partial charge >= 0.3 is 0 Å². The van der Waals surface area contributed by atoms with Gasteiger partial charge in [0, 0.05) is 33.5 Å². The summed E-state index contributed by atoms with van der Waals surface area (Å²) in [7, 11) is 0. The summed E-state index contributed by atoms with van der Waals surface area (Å²) >= 11 is 13.6. The van der Waals surface area contributed by atoms with Crippen molar-refractivity contribution in [3.8, 4) is 0 Å². The largest absolute Gasteiger partial charge is 0.328 e. The molecule has 1 aliphatic carbocycles. The third-order valence-corrected chi connectivity index (χ3v) is 6.90. The van der Waals surface area contributed by atoms with Gasteiger partial charge in [0.2, 0.25) is 11.1 Å². The van der Waals surface area contributed by atoms with Gasteiger partial charge in [0.15, 0.2) is 5.78 Å². The van der Waals surface area contributed by atoms with Crippen molar-refractivity contribution in [3.63, 3.8) is 0 Å². The molecule has 5 rings (SSSR count). The van der Waals surface area contributed by atoms with Gasteiger partial charge in [0.25, 0.3) is 0 Å². The number of aromatic nitrogens is 3. The van der Waals surface area contributed by atoms with Crippen LogP contribution in [0.5, 0.6) is 0 Å². The number of fused-ring (bicyclic) bond motifs is 1. The van der Waals surface area contributed by atoms with Crippen LogP contribution in [0, 0.1) is 5.82 Å². The molecule has 0 amide bonds. The van der Waals surface area contributed by atoms with Crippen LogP contribution < -0.4 is 5.32 Å². The molecule has 0 spiro atoms. The number of hydrogen-bond donors (Lipinski definition) is 1. The number of carbonyl (C=O) groups is 1. The van der Waals surface area contributed by atoms with Crippen LogP contribution in [0.2, 0.25) is 10.0 Å². The Balaban J connectivity index is 1.49. The normalized spacial score (nSPS) is 17.9. The number of rotatable bonds is 4. The quantitative estimate of drug-likeness (QED) is 0.467. The van der Waals surface area contributed by atoms with E-state index in [-0.39, 0.29) is 17.6 Å². The van der Waals surface area contributed by atoms with E-state index in [1.807, 2.05) is 24.3 Å². The first-order valence-corrected chi connectivity index (χ1v) is 11.6. The fourth-order valence-corrected chi connectivity index (χ4v) is 5.20. The highest BCUT2D eigenvalue weighted by Gasteiger charge is 2.36. The second-order valence-corrected chi connectivity index (χ2v) is 9.22. The van der Waals surface area contributed by atoms with Gasteiger partial charge in [0.05, 0.1) is 0 Å². The van der Waals surface area contributed by atoms with Crippen molar-refractivity contribution in [2.75, 3.05) is 5.32 Å². The molecule has 1 N–H and O–H groups in total. The summed E-state index contributed by atoms with van der Waals surface area (Å²) in [6.07, 6.45) is 2.14. The fourth-order valence-electron chi connectivity index (χ4n) is 3.93. The van der Waals surface area contributed by atoms with Gasteiger partial charge in [-0.25, -0.2) is 9.07 Å². The lowest BCUT2D eigenvalue weighted by Gasteiger charge is -2.32. The van der Waals surface area contributed by atoms with E-state index in [9.17, 15) is 9.18 Å². The molecule has 0 bridgehead atoms. The Bertz CT molecular complexity index is 1210. The summed E-state index contributed by atoms with van der Waals surface area (Å²) < 4.78 is 15.1. The fraction of sp³-hybridized carbons (Fsp3) is 0.227. The molecule has 158 valence electrons. The van der Waals surface area contributed by atoms with Gasteiger partial charge < -0.3 is 5.32 Å². The minimum atomic E-state index is -0.370. The minimum Gasteiger partial charge on any atom is -0.328 e. The maximum absolute atomic E-state index is 13.3.